The molecule has 2 aromatic carbocycles. The zero-order chi connectivity index (χ0) is 35.6. The molecule has 0 fully saturated rings. The minimum absolute atomic E-state index is 0.0425. The zero-order valence-electron chi connectivity index (χ0n) is 26.7. The van der Waals surface area contributed by atoms with Crippen molar-refractivity contribution in [2.24, 2.45) is 0 Å². The summed E-state index contributed by atoms with van der Waals surface area (Å²) in [6, 6.07) is 31.5. The van der Waals surface area contributed by atoms with Crippen LogP contribution in [-0.4, -0.2) is 95.2 Å². The number of aliphatic carboxylic acids is 4. The number of carbonyl (C=O) groups is 4. The summed E-state index contributed by atoms with van der Waals surface area (Å²) in [5, 5.41) is 37.6. The highest BCUT2D eigenvalue weighted by Gasteiger charge is 2.19. The Morgan fingerprint density at radius 2 is 0.780 bits per heavy atom. The van der Waals surface area contributed by atoms with Gasteiger partial charge in [0.05, 0.1) is 60.3 Å². The maximum absolute atomic E-state index is 11.5. The summed E-state index contributed by atoms with van der Waals surface area (Å²) >= 11 is 0. The molecule has 5 rings (SSSR count). The maximum atomic E-state index is 11.5. The van der Waals surface area contributed by atoms with E-state index in [1.807, 2.05) is 72.8 Å². The van der Waals surface area contributed by atoms with Crippen LogP contribution in [0.1, 0.15) is 11.4 Å². The van der Waals surface area contributed by atoms with Gasteiger partial charge in [-0.1, -0.05) is 66.7 Å². The van der Waals surface area contributed by atoms with Gasteiger partial charge >= 0.3 is 23.9 Å². The minimum Gasteiger partial charge on any atom is -0.480 e. The molecule has 4 N–H and O–H groups in total. The summed E-state index contributed by atoms with van der Waals surface area (Å²) < 4.78 is 0. The van der Waals surface area contributed by atoms with Gasteiger partial charge < -0.3 is 20.4 Å². The molecule has 0 aliphatic heterocycles. The fourth-order valence-corrected chi connectivity index (χ4v) is 5.47. The molecule has 50 heavy (non-hydrogen) atoms. The molecule has 0 amide bonds. The molecule has 0 bridgehead atoms. The molecule has 5 aromatic rings. The third-order valence-corrected chi connectivity index (χ3v) is 7.45. The van der Waals surface area contributed by atoms with Gasteiger partial charge in [0.2, 0.25) is 0 Å². The highest BCUT2D eigenvalue weighted by atomic mass is 16.4. The quantitative estimate of drug-likeness (QED) is 0.114. The first kappa shape index (κ1) is 35.0. The largest absolute Gasteiger partial charge is 0.480 e. The van der Waals surface area contributed by atoms with Crippen molar-refractivity contribution >= 4 is 23.9 Å². The average molecular weight is 676 g/mol. The number of nitrogens with zero attached hydrogens (tertiary/aromatic N) is 5. The van der Waals surface area contributed by atoms with E-state index in [-0.39, 0.29) is 13.1 Å². The molecular weight excluding hydrogens is 642 g/mol. The van der Waals surface area contributed by atoms with Crippen LogP contribution >= 0.6 is 0 Å². The van der Waals surface area contributed by atoms with E-state index in [4.69, 9.17) is 15.0 Å². The normalized spacial score (nSPS) is 11.1. The first-order chi connectivity index (χ1) is 24.0. The van der Waals surface area contributed by atoms with Crippen LogP contribution in [0.4, 0.5) is 0 Å². The van der Waals surface area contributed by atoms with Crippen molar-refractivity contribution in [2.75, 3.05) is 26.2 Å². The lowest BCUT2D eigenvalue weighted by molar-refractivity contribution is -0.144. The van der Waals surface area contributed by atoms with Crippen molar-refractivity contribution in [3.63, 3.8) is 0 Å². The molecule has 3 aromatic heterocycles. The molecule has 254 valence electrons. The average Bonchev–Trinajstić information content (AvgIpc) is 3.07. The number of benzene rings is 2. The molecule has 0 aliphatic rings. The topological polar surface area (TPSA) is 194 Å². The van der Waals surface area contributed by atoms with E-state index in [0.29, 0.717) is 34.2 Å². The van der Waals surface area contributed by atoms with Crippen LogP contribution < -0.4 is 0 Å². The lowest BCUT2D eigenvalue weighted by atomic mass is 10.0. The van der Waals surface area contributed by atoms with E-state index < -0.39 is 50.1 Å². The molecule has 0 spiro atoms. The molecule has 0 aliphatic carbocycles. The molecular formula is C37H33N5O8. The van der Waals surface area contributed by atoms with Crippen LogP contribution in [0.2, 0.25) is 0 Å². The van der Waals surface area contributed by atoms with Gasteiger partial charge in [0.1, 0.15) is 0 Å². The molecule has 0 saturated heterocycles. The maximum Gasteiger partial charge on any atom is 0.317 e. The van der Waals surface area contributed by atoms with Gasteiger partial charge in [0.15, 0.2) is 0 Å². The summed E-state index contributed by atoms with van der Waals surface area (Å²) in [7, 11) is 0. The fourth-order valence-electron chi connectivity index (χ4n) is 5.47. The summed E-state index contributed by atoms with van der Waals surface area (Å²) in [4.78, 5) is 63.0. The van der Waals surface area contributed by atoms with Crippen molar-refractivity contribution in [1.82, 2.24) is 24.8 Å². The van der Waals surface area contributed by atoms with E-state index in [9.17, 15) is 39.6 Å². The van der Waals surface area contributed by atoms with Gasteiger partial charge in [-0.05, 0) is 58.7 Å². The number of hydrogen-bond acceptors (Lipinski definition) is 9. The smallest absolute Gasteiger partial charge is 0.317 e. The second-order valence-electron chi connectivity index (χ2n) is 11.5. The standard InChI is InChI=1S/C37H33N5O8/c43-34(44)20-41(21-35(45)46)18-28-14-26(24-8-3-1-4-9-24)16-32(38-28)30-12-7-13-31(40-30)33-17-27(25-10-5-2-6-11-25)15-29(39-33)19-42(22-36(47)48)23-37(49)50/h1-17H,18-23H2,(H,43,44)(H,45,46)(H,47,48)(H,49,50). The number of rotatable bonds is 16. The second-order valence-corrected chi connectivity index (χ2v) is 11.5. The van der Waals surface area contributed by atoms with Gasteiger partial charge in [-0.15, -0.1) is 0 Å². The zero-order valence-corrected chi connectivity index (χ0v) is 26.7. The van der Waals surface area contributed by atoms with E-state index in [1.165, 1.54) is 9.80 Å². The number of aromatic nitrogens is 3. The summed E-state index contributed by atoms with van der Waals surface area (Å²) in [6.45, 7) is -2.05. The molecule has 0 radical (unpaired) electrons. The van der Waals surface area contributed by atoms with E-state index in [2.05, 4.69) is 0 Å². The Bertz CT molecular complexity index is 1830. The van der Waals surface area contributed by atoms with Crippen molar-refractivity contribution in [2.45, 2.75) is 13.1 Å². The van der Waals surface area contributed by atoms with Crippen molar-refractivity contribution in [3.8, 4) is 45.0 Å². The van der Waals surface area contributed by atoms with Gasteiger partial charge in [-0.2, -0.15) is 0 Å². The van der Waals surface area contributed by atoms with Gasteiger partial charge in [0, 0.05) is 13.1 Å². The van der Waals surface area contributed by atoms with Crippen LogP contribution in [0.3, 0.4) is 0 Å². The van der Waals surface area contributed by atoms with Crippen LogP contribution in [0.5, 0.6) is 0 Å². The summed E-state index contributed by atoms with van der Waals surface area (Å²) in [5.41, 5.74) is 6.02. The van der Waals surface area contributed by atoms with Gasteiger partial charge in [-0.3, -0.25) is 29.0 Å². The summed E-state index contributed by atoms with van der Waals surface area (Å²) in [5.74, 6) is -4.67. The predicted octanol–water partition coefficient (Wildman–Crippen LogP) is 4.48. The Hall–Kier alpha value is -6.31. The first-order valence-electron chi connectivity index (χ1n) is 15.4. The number of pyridine rings is 3. The first-order valence-corrected chi connectivity index (χ1v) is 15.4. The number of carboxylic acids is 4. The lowest BCUT2D eigenvalue weighted by Gasteiger charge is -2.19. The van der Waals surface area contributed by atoms with E-state index in [1.54, 1.807) is 30.3 Å². The lowest BCUT2D eigenvalue weighted by Crippen LogP contribution is -2.34. The third-order valence-electron chi connectivity index (χ3n) is 7.45. The van der Waals surface area contributed by atoms with Crippen LogP contribution in [0.25, 0.3) is 45.0 Å². The minimum atomic E-state index is -1.17. The molecule has 0 saturated carbocycles. The number of hydrogen-bond donors (Lipinski definition) is 4. The van der Waals surface area contributed by atoms with Crippen molar-refractivity contribution in [3.05, 3.63) is 115 Å². The Morgan fingerprint density at radius 3 is 1.12 bits per heavy atom. The van der Waals surface area contributed by atoms with Crippen LogP contribution in [0.15, 0.2) is 103 Å². The van der Waals surface area contributed by atoms with E-state index >= 15 is 0 Å². The highest BCUT2D eigenvalue weighted by Crippen LogP contribution is 2.29. The molecule has 0 unspecified atom stereocenters. The second kappa shape index (κ2) is 16.2. The predicted molar refractivity (Wildman–Crippen MR) is 183 cm³/mol. The Kier molecular flexibility index (Phi) is 11.3. The molecule has 0 atom stereocenters. The molecule has 13 nitrogen and oxygen atoms in total. The molecule has 13 heteroatoms. The van der Waals surface area contributed by atoms with Crippen molar-refractivity contribution in [1.29, 1.82) is 0 Å². The van der Waals surface area contributed by atoms with Crippen molar-refractivity contribution < 1.29 is 39.6 Å². The highest BCUT2D eigenvalue weighted by molar-refractivity contribution is 5.75. The van der Waals surface area contributed by atoms with E-state index in [0.717, 1.165) is 22.3 Å². The van der Waals surface area contributed by atoms with Crippen LogP contribution in [-0.2, 0) is 32.3 Å². The number of carboxylic acid groups (broad SMARTS) is 4. The Morgan fingerprint density at radius 1 is 0.420 bits per heavy atom. The monoisotopic (exact) mass is 675 g/mol. The fraction of sp³-hybridized carbons (Fsp3) is 0.162. The van der Waals surface area contributed by atoms with Crippen LogP contribution in [0, 0.1) is 0 Å². The Labute approximate surface area is 286 Å². The summed E-state index contributed by atoms with van der Waals surface area (Å²) in [6.07, 6.45) is 0. The Balaban J connectivity index is 1.59. The van der Waals surface area contributed by atoms with Gasteiger partial charge in [-0.25, -0.2) is 15.0 Å². The molecule has 3 heterocycles. The third kappa shape index (κ3) is 9.86. The van der Waals surface area contributed by atoms with Gasteiger partial charge in [0.25, 0.3) is 0 Å². The SMILES string of the molecule is O=C(O)CN(CC(=O)O)Cc1cc(-c2ccccc2)cc(-c2cccc(-c3cc(-c4ccccc4)cc(CN(CC(=O)O)CC(=O)O)n3)n2)n1.